The third kappa shape index (κ3) is 11.6. The molecule has 158 valence electrons. The molecule has 0 fully saturated rings. The summed E-state index contributed by atoms with van der Waals surface area (Å²) in [4.78, 5) is 0. The van der Waals surface area contributed by atoms with Crippen molar-refractivity contribution in [2.24, 2.45) is 0 Å². The van der Waals surface area contributed by atoms with Gasteiger partial charge < -0.3 is 0 Å². The van der Waals surface area contributed by atoms with E-state index in [1.54, 1.807) is 5.82 Å². The van der Waals surface area contributed by atoms with Gasteiger partial charge in [-0.1, -0.05) is 97.8 Å². The van der Waals surface area contributed by atoms with Crippen LogP contribution < -0.4 is 4.57 Å². The third-order valence-corrected chi connectivity index (χ3v) is 5.81. The zero-order valence-electron chi connectivity index (χ0n) is 19.0. The number of hydrogen-bond acceptors (Lipinski definition) is 0. The summed E-state index contributed by atoms with van der Waals surface area (Å²) in [5, 5.41) is 0. The van der Waals surface area contributed by atoms with Gasteiger partial charge in [-0.2, -0.15) is 0 Å². The molecule has 27 heavy (non-hydrogen) atoms. The molecule has 0 aliphatic heterocycles. The predicted molar refractivity (Wildman–Crippen MR) is 119 cm³/mol. The van der Waals surface area contributed by atoms with E-state index in [-0.39, 0.29) is 0 Å². The Morgan fingerprint density at radius 3 is 1.70 bits per heavy atom. The molecule has 0 aromatic carbocycles. The van der Waals surface area contributed by atoms with Crippen LogP contribution in [0.5, 0.6) is 0 Å². The van der Waals surface area contributed by atoms with E-state index in [2.05, 4.69) is 42.3 Å². The Balaban J connectivity index is 2.28. The van der Waals surface area contributed by atoms with E-state index >= 15 is 0 Å². The zero-order chi connectivity index (χ0) is 19.6. The summed E-state index contributed by atoms with van der Waals surface area (Å²) in [6.07, 6.45) is 28.2. The van der Waals surface area contributed by atoms with Gasteiger partial charge in [-0.3, -0.25) is 0 Å². The smallest absolute Gasteiger partial charge is 0.234 e. The fourth-order valence-electron chi connectivity index (χ4n) is 4.09. The first-order valence-corrected chi connectivity index (χ1v) is 12.4. The van der Waals surface area contributed by atoms with Gasteiger partial charge in [0.05, 0.1) is 13.1 Å². The standard InChI is InChI=1S/C25H49N2/c1-4-7-9-11-13-15-17-19-22-27-24-23-26(21-6-3)25(27)20-18-16-14-12-10-8-5-2/h23-24H,4-22H2,1-3H3/q+1. The molecule has 0 radical (unpaired) electrons. The molecule has 1 rings (SSSR count). The topological polar surface area (TPSA) is 8.81 Å². The monoisotopic (exact) mass is 377 g/mol. The number of imidazole rings is 1. The maximum absolute atomic E-state index is 2.56. The Kier molecular flexibility index (Phi) is 15.6. The van der Waals surface area contributed by atoms with Gasteiger partial charge in [0.2, 0.25) is 0 Å². The molecule has 0 N–H and O–H groups in total. The molecule has 0 aliphatic rings. The lowest BCUT2D eigenvalue weighted by Gasteiger charge is -2.06. The van der Waals surface area contributed by atoms with Crippen LogP contribution in [-0.4, -0.2) is 4.57 Å². The molecule has 0 spiro atoms. The van der Waals surface area contributed by atoms with Gasteiger partial charge in [0.1, 0.15) is 12.4 Å². The Morgan fingerprint density at radius 1 is 0.630 bits per heavy atom. The van der Waals surface area contributed by atoms with Crippen LogP contribution in [-0.2, 0) is 19.5 Å². The van der Waals surface area contributed by atoms with Crippen LogP contribution in [0.2, 0.25) is 0 Å². The van der Waals surface area contributed by atoms with Crippen LogP contribution in [0.15, 0.2) is 12.4 Å². The highest BCUT2D eigenvalue weighted by Gasteiger charge is 2.15. The van der Waals surface area contributed by atoms with Crippen molar-refractivity contribution in [1.29, 1.82) is 0 Å². The second kappa shape index (κ2) is 17.3. The number of aryl methyl sites for hydroxylation is 2. The summed E-state index contributed by atoms with van der Waals surface area (Å²) in [6.45, 7) is 9.28. The maximum Gasteiger partial charge on any atom is 0.256 e. The lowest BCUT2D eigenvalue weighted by molar-refractivity contribution is -0.703. The Hall–Kier alpha value is -0.790. The first-order valence-electron chi connectivity index (χ1n) is 12.4. The van der Waals surface area contributed by atoms with Crippen molar-refractivity contribution >= 4 is 0 Å². The average Bonchev–Trinajstić information content (AvgIpc) is 3.05. The van der Waals surface area contributed by atoms with E-state index < -0.39 is 0 Å². The van der Waals surface area contributed by atoms with Gasteiger partial charge >= 0.3 is 0 Å². The van der Waals surface area contributed by atoms with E-state index in [1.807, 2.05) is 0 Å². The van der Waals surface area contributed by atoms with Gasteiger partial charge in [-0.05, 0) is 25.7 Å². The number of aromatic nitrogens is 2. The highest BCUT2D eigenvalue weighted by Crippen LogP contribution is 2.12. The van der Waals surface area contributed by atoms with Crippen molar-refractivity contribution in [2.45, 2.75) is 143 Å². The number of hydrogen-bond donors (Lipinski definition) is 0. The highest BCUT2D eigenvalue weighted by atomic mass is 15.1. The summed E-state index contributed by atoms with van der Waals surface area (Å²) < 4.78 is 5.08. The minimum absolute atomic E-state index is 1.18. The van der Waals surface area contributed by atoms with E-state index in [0.717, 1.165) is 0 Å². The molecule has 2 heteroatoms. The number of nitrogens with zero attached hydrogens (tertiary/aromatic N) is 2. The maximum atomic E-state index is 2.56. The zero-order valence-corrected chi connectivity index (χ0v) is 19.0. The van der Waals surface area contributed by atoms with Gasteiger partial charge in [0.25, 0.3) is 5.82 Å². The van der Waals surface area contributed by atoms with Gasteiger partial charge in [-0.25, -0.2) is 9.13 Å². The van der Waals surface area contributed by atoms with Crippen molar-refractivity contribution in [3.05, 3.63) is 18.2 Å². The Bertz CT molecular complexity index is 436. The highest BCUT2D eigenvalue weighted by molar-refractivity contribution is 4.84. The van der Waals surface area contributed by atoms with Crippen molar-refractivity contribution in [3.8, 4) is 0 Å². The van der Waals surface area contributed by atoms with E-state index in [9.17, 15) is 0 Å². The molecule has 1 aromatic heterocycles. The third-order valence-electron chi connectivity index (χ3n) is 5.81. The Labute approximate surface area is 170 Å². The van der Waals surface area contributed by atoms with E-state index in [1.165, 1.54) is 122 Å². The first-order chi connectivity index (χ1) is 13.3. The van der Waals surface area contributed by atoms with Gasteiger partial charge in [-0.15, -0.1) is 0 Å². The molecule has 0 aliphatic carbocycles. The summed E-state index contributed by atoms with van der Waals surface area (Å²) in [5.41, 5.74) is 0. The molecular weight excluding hydrogens is 328 g/mol. The minimum atomic E-state index is 1.18. The second-order valence-corrected chi connectivity index (χ2v) is 8.45. The fraction of sp³-hybridized carbons (Fsp3) is 0.880. The molecule has 0 bridgehead atoms. The molecule has 2 nitrogen and oxygen atoms in total. The largest absolute Gasteiger partial charge is 0.256 e. The van der Waals surface area contributed by atoms with Crippen LogP contribution in [0, 0.1) is 0 Å². The first kappa shape index (κ1) is 24.2. The summed E-state index contributed by atoms with van der Waals surface area (Å²) in [6, 6.07) is 0. The van der Waals surface area contributed by atoms with Gasteiger partial charge in [0.15, 0.2) is 0 Å². The molecule has 0 unspecified atom stereocenters. The van der Waals surface area contributed by atoms with Crippen molar-refractivity contribution in [3.63, 3.8) is 0 Å². The molecule has 0 saturated carbocycles. The number of unbranched alkanes of at least 4 members (excludes halogenated alkanes) is 13. The van der Waals surface area contributed by atoms with Crippen LogP contribution in [0.25, 0.3) is 0 Å². The summed E-state index contributed by atoms with van der Waals surface area (Å²) >= 11 is 0. The van der Waals surface area contributed by atoms with Crippen molar-refractivity contribution in [1.82, 2.24) is 4.57 Å². The van der Waals surface area contributed by atoms with Crippen LogP contribution in [0.4, 0.5) is 0 Å². The fourth-order valence-corrected chi connectivity index (χ4v) is 4.09. The average molecular weight is 378 g/mol. The Morgan fingerprint density at radius 2 is 1.15 bits per heavy atom. The molecule has 1 heterocycles. The minimum Gasteiger partial charge on any atom is -0.234 e. The molecule has 0 atom stereocenters. The normalized spacial score (nSPS) is 11.4. The van der Waals surface area contributed by atoms with E-state index in [0.29, 0.717) is 0 Å². The SMILES string of the molecule is CCCCCCCCCCn1cc[n+](CCC)c1CCCCCCCCC. The molecule has 0 amide bonds. The molecule has 1 aromatic rings. The quantitative estimate of drug-likeness (QED) is 0.173. The van der Waals surface area contributed by atoms with Crippen LogP contribution >= 0.6 is 0 Å². The second-order valence-electron chi connectivity index (χ2n) is 8.45. The van der Waals surface area contributed by atoms with Gasteiger partial charge in [0, 0.05) is 6.42 Å². The van der Waals surface area contributed by atoms with E-state index in [4.69, 9.17) is 0 Å². The lowest BCUT2D eigenvalue weighted by atomic mass is 10.1. The van der Waals surface area contributed by atoms with Crippen molar-refractivity contribution in [2.75, 3.05) is 0 Å². The van der Waals surface area contributed by atoms with Crippen LogP contribution in [0.1, 0.15) is 129 Å². The summed E-state index contributed by atoms with van der Waals surface area (Å²) in [7, 11) is 0. The van der Waals surface area contributed by atoms with Crippen LogP contribution in [0.3, 0.4) is 0 Å². The molecule has 0 saturated heterocycles. The lowest BCUT2D eigenvalue weighted by Crippen LogP contribution is -2.37. The summed E-state index contributed by atoms with van der Waals surface area (Å²) in [5.74, 6) is 1.58. The number of rotatable bonds is 19. The molecular formula is C25H49N2+. The van der Waals surface area contributed by atoms with Crippen molar-refractivity contribution < 1.29 is 4.57 Å². The predicted octanol–water partition coefficient (Wildman–Crippen LogP) is 7.62.